The Hall–Kier alpha value is -2.64. The molecule has 176 valence electrons. The van der Waals surface area contributed by atoms with Crippen LogP contribution in [0, 0.1) is 5.92 Å². The zero-order valence-corrected chi connectivity index (χ0v) is 19.6. The second-order valence-corrected chi connectivity index (χ2v) is 8.35. The average molecular weight is 439 g/mol. The van der Waals surface area contributed by atoms with Gasteiger partial charge < -0.3 is 20.1 Å². The molecule has 2 amide bonds. The van der Waals surface area contributed by atoms with Crippen LogP contribution in [0.25, 0.3) is 0 Å². The summed E-state index contributed by atoms with van der Waals surface area (Å²) in [6.45, 7) is 16.7. The predicted octanol–water partition coefficient (Wildman–Crippen LogP) is 4.09. The van der Waals surface area contributed by atoms with E-state index in [1.807, 2.05) is 20.8 Å². The lowest BCUT2D eigenvalue weighted by atomic mass is 9.85. The quantitative estimate of drug-likeness (QED) is 0.294. The summed E-state index contributed by atoms with van der Waals surface area (Å²) >= 11 is 0. The zero-order valence-electron chi connectivity index (χ0n) is 19.6. The molecule has 0 fully saturated rings. The van der Waals surface area contributed by atoms with Gasteiger partial charge in [0, 0.05) is 24.9 Å². The highest BCUT2D eigenvalue weighted by molar-refractivity contribution is 5.94. The van der Waals surface area contributed by atoms with Gasteiger partial charge in [0.25, 0.3) is 0 Å². The largest absolute Gasteiger partial charge is 0.449 e. The third-order valence-electron chi connectivity index (χ3n) is 5.07. The van der Waals surface area contributed by atoms with Crippen LogP contribution in [0.4, 0.5) is 9.59 Å². The summed E-state index contributed by atoms with van der Waals surface area (Å²) in [7, 11) is 0. The number of rotatable bonds is 15. The molecular formula is C23H38N2O6. The Kier molecular flexibility index (Phi) is 13.2. The van der Waals surface area contributed by atoms with E-state index in [1.165, 1.54) is 0 Å². The standard InChI is InChI=1S/C23H38N2O6/c1-16(2)19(26)11-14-30-21(28)24-13-9-8-10-18(5)23(6,7)25-22(29)31-15-12-20(27)17(3)4/h18H,1,3,8-15H2,2,4-7H3,(H,24,28)(H,25,29). The number of Topliss-reactive ketones (excluding diaryl/α,β-unsaturated/α-hetero) is 2. The van der Waals surface area contributed by atoms with Crippen LogP contribution in [-0.4, -0.2) is 49.1 Å². The fourth-order valence-electron chi connectivity index (χ4n) is 2.50. The van der Waals surface area contributed by atoms with E-state index >= 15 is 0 Å². The van der Waals surface area contributed by atoms with Crippen LogP contribution in [0.3, 0.4) is 0 Å². The Morgan fingerprint density at radius 2 is 1.35 bits per heavy atom. The van der Waals surface area contributed by atoms with Crippen molar-refractivity contribution < 1.29 is 28.7 Å². The van der Waals surface area contributed by atoms with E-state index in [2.05, 4.69) is 23.8 Å². The highest BCUT2D eigenvalue weighted by atomic mass is 16.6. The lowest BCUT2D eigenvalue weighted by Gasteiger charge is -2.32. The normalized spacial score (nSPS) is 11.8. The number of carbonyl (C=O) groups excluding carboxylic acids is 4. The molecule has 0 aromatic heterocycles. The molecular weight excluding hydrogens is 400 g/mol. The first kappa shape index (κ1) is 28.4. The van der Waals surface area contributed by atoms with E-state index < -0.39 is 17.7 Å². The van der Waals surface area contributed by atoms with Crippen molar-refractivity contribution >= 4 is 23.8 Å². The summed E-state index contributed by atoms with van der Waals surface area (Å²) in [5.41, 5.74) is 0.401. The van der Waals surface area contributed by atoms with Crippen molar-refractivity contribution in [3.63, 3.8) is 0 Å². The third kappa shape index (κ3) is 13.3. The van der Waals surface area contributed by atoms with Crippen LogP contribution < -0.4 is 10.6 Å². The average Bonchev–Trinajstić information content (AvgIpc) is 2.66. The smallest absolute Gasteiger partial charge is 0.407 e. The third-order valence-corrected chi connectivity index (χ3v) is 5.07. The molecule has 0 aromatic rings. The number of amides is 2. The fraction of sp³-hybridized carbons (Fsp3) is 0.652. The van der Waals surface area contributed by atoms with Gasteiger partial charge in [-0.15, -0.1) is 0 Å². The molecule has 0 aromatic carbocycles. The second kappa shape index (κ2) is 14.4. The molecule has 0 saturated carbocycles. The minimum atomic E-state index is -0.555. The minimum absolute atomic E-state index is 0.0190. The van der Waals surface area contributed by atoms with Crippen molar-refractivity contribution in [1.29, 1.82) is 0 Å². The van der Waals surface area contributed by atoms with E-state index in [4.69, 9.17) is 9.47 Å². The van der Waals surface area contributed by atoms with E-state index in [0.29, 0.717) is 17.7 Å². The fourth-order valence-corrected chi connectivity index (χ4v) is 2.50. The number of allylic oxidation sites excluding steroid dienone is 2. The van der Waals surface area contributed by atoms with Gasteiger partial charge in [0.05, 0.1) is 0 Å². The van der Waals surface area contributed by atoms with Crippen molar-refractivity contribution in [2.75, 3.05) is 19.8 Å². The van der Waals surface area contributed by atoms with Gasteiger partial charge in [0.15, 0.2) is 11.6 Å². The van der Waals surface area contributed by atoms with Crippen LogP contribution >= 0.6 is 0 Å². The number of carbonyl (C=O) groups is 4. The van der Waals surface area contributed by atoms with Gasteiger partial charge in [-0.05, 0) is 57.6 Å². The maximum atomic E-state index is 12.0. The highest BCUT2D eigenvalue weighted by Crippen LogP contribution is 2.22. The second-order valence-electron chi connectivity index (χ2n) is 8.35. The Bertz CT molecular complexity index is 669. The first-order chi connectivity index (χ1) is 14.4. The number of alkyl carbamates (subject to hydrolysis) is 2. The van der Waals surface area contributed by atoms with Crippen LogP contribution in [0.5, 0.6) is 0 Å². The summed E-state index contributed by atoms with van der Waals surface area (Å²) < 4.78 is 10.0. The maximum absolute atomic E-state index is 12.0. The molecule has 0 bridgehead atoms. The summed E-state index contributed by atoms with van der Waals surface area (Å²) in [5, 5.41) is 5.49. The molecule has 0 heterocycles. The summed E-state index contributed by atoms with van der Waals surface area (Å²) in [4.78, 5) is 46.4. The summed E-state index contributed by atoms with van der Waals surface area (Å²) in [6, 6.07) is 0. The summed E-state index contributed by atoms with van der Waals surface area (Å²) in [6.07, 6.45) is 1.60. The number of nitrogens with one attached hydrogen (secondary N) is 2. The van der Waals surface area contributed by atoms with Crippen LogP contribution in [0.2, 0.25) is 0 Å². The van der Waals surface area contributed by atoms with Crippen molar-refractivity contribution in [2.24, 2.45) is 5.92 Å². The van der Waals surface area contributed by atoms with E-state index in [0.717, 1.165) is 19.3 Å². The van der Waals surface area contributed by atoms with Gasteiger partial charge in [0.2, 0.25) is 0 Å². The Labute approximate surface area is 185 Å². The lowest BCUT2D eigenvalue weighted by molar-refractivity contribution is -0.116. The molecule has 8 nitrogen and oxygen atoms in total. The molecule has 2 N–H and O–H groups in total. The molecule has 0 saturated heterocycles. The van der Waals surface area contributed by atoms with Gasteiger partial charge in [-0.3, -0.25) is 9.59 Å². The Morgan fingerprint density at radius 3 is 1.84 bits per heavy atom. The van der Waals surface area contributed by atoms with Crippen molar-refractivity contribution in [3.05, 3.63) is 24.3 Å². The molecule has 0 aliphatic carbocycles. The number of hydrogen-bond donors (Lipinski definition) is 2. The molecule has 0 aliphatic rings. The lowest BCUT2D eigenvalue weighted by Crippen LogP contribution is -2.48. The van der Waals surface area contributed by atoms with Gasteiger partial charge >= 0.3 is 12.2 Å². The maximum Gasteiger partial charge on any atom is 0.407 e. The van der Waals surface area contributed by atoms with Crippen molar-refractivity contribution in [1.82, 2.24) is 10.6 Å². The summed E-state index contributed by atoms with van der Waals surface area (Å²) in [5.74, 6) is -0.0854. The molecule has 8 heteroatoms. The molecule has 31 heavy (non-hydrogen) atoms. The minimum Gasteiger partial charge on any atom is -0.449 e. The molecule has 1 atom stereocenters. The van der Waals surface area contributed by atoms with Crippen molar-refractivity contribution in [2.45, 2.75) is 72.3 Å². The van der Waals surface area contributed by atoms with Crippen molar-refractivity contribution in [3.8, 4) is 0 Å². The predicted molar refractivity (Wildman–Crippen MR) is 120 cm³/mol. The molecule has 0 spiro atoms. The van der Waals surface area contributed by atoms with Gasteiger partial charge in [0.1, 0.15) is 13.2 Å². The number of ketones is 2. The number of unbranched alkanes of at least 4 members (excludes halogenated alkanes) is 1. The van der Waals surface area contributed by atoms with Crippen LogP contribution in [0.15, 0.2) is 24.3 Å². The van der Waals surface area contributed by atoms with Crippen LogP contribution in [0.1, 0.15) is 66.7 Å². The SMILES string of the molecule is C=C(C)C(=O)CCOC(=O)NCCCCC(C)C(C)(C)NC(=O)OCCC(=O)C(=C)C. The Morgan fingerprint density at radius 1 is 0.871 bits per heavy atom. The highest BCUT2D eigenvalue weighted by Gasteiger charge is 2.28. The van der Waals surface area contributed by atoms with Crippen LogP contribution in [-0.2, 0) is 19.1 Å². The monoisotopic (exact) mass is 438 g/mol. The first-order valence-electron chi connectivity index (χ1n) is 10.6. The van der Waals surface area contributed by atoms with E-state index in [9.17, 15) is 19.2 Å². The molecule has 0 aliphatic heterocycles. The van der Waals surface area contributed by atoms with Gasteiger partial charge in [-0.25, -0.2) is 9.59 Å². The topological polar surface area (TPSA) is 111 Å². The first-order valence-corrected chi connectivity index (χ1v) is 10.6. The van der Waals surface area contributed by atoms with Gasteiger partial charge in [-0.2, -0.15) is 0 Å². The van der Waals surface area contributed by atoms with E-state index in [-0.39, 0.29) is 43.5 Å². The van der Waals surface area contributed by atoms with Gasteiger partial charge in [-0.1, -0.05) is 26.5 Å². The Balaban J connectivity index is 4.01. The molecule has 0 rings (SSSR count). The molecule has 0 radical (unpaired) electrons. The number of ether oxygens (including phenoxy) is 2. The number of hydrogen-bond acceptors (Lipinski definition) is 6. The zero-order chi connectivity index (χ0) is 24.0. The molecule has 1 unspecified atom stereocenters. The van der Waals surface area contributed by atoms with E-state index in [1.54, 1.807) is 13.8 Å².